The summed E-state index contributed by atoms with van der Waals surface area (Å²) >= 11 is 0. The van der Waals surface area contributed by atoms with E-state index in [1.165, 1.54) is 11.1 Å². The number of hydrazone groups is 1. The van der Waals surface area contributed by atoms with Gasteiger partial charge in [0.25, 0.3) is 5.91 Å². The topological polar surface area (TPSA) is 62.2 Å². The molecule has 1 saturated heterocycles. The lowest BCUT2D eigenvalue weighted by atomic mass is 9.77. The van der Waals surface area contributed by atoms with Gasteiger partial charge in [-0.3, -0.25) is 14.5 Å². The number of hydrogen-bond acceptors (Lipinski definition) is 5. The fraction of sp³-hybridized carbons (Fsp3) is 0.433. The van der Waals surface area contributed by atoms with Crippen molar-refractivity contribution in [3.8, 4) is 0 Å². The number of benzene rings is 2. The third-order valence-corrected chi connectivity index (χ3v) is 7.61. The largest absolute Gasteiger partial charge is 0.466 e. The van der Waals surface area contributed by atoms with Crippen LogP contribution in [0, 0.1) is 11.8 Å². The van der Waals surface area contributed by atoms with E-state index in [1.807, 2.05) is 31.2 Å². The van der Waals surface area contributed by atoms with E-state index in [1.54, 1.807) is 5.01 Å². The molecule has 2 aliphatic heterocycles. The number of allylic oxidation sites excluding steroid dienone is 1. The number of amides is 1. The van der Waals surface area contributed by atoms with Gasteiger partial charge in [0.1, 0.15) is 0 Å². The van der Waals surface area contributed by atoms with Crippen molar-refractivity contribution >= 4 is 23.7 Å². The van der Waals surface area contributed by atoms with Crippen molar-refractivity contribution in [1.82, 2.24) is 9.91 Å². The molecule has 5 rings (SSSR count). The van der Waals surface area contributed by atoms with E-state index in [0.717, 1.165) is 56.5 Å². The quantitative estimate of drug-likeness (QED) is 0.535. The number of rotatable bonds is 6. The molecule has 0 bridgehead atoms. The van der Waals surface area contributed by atoms with Gasteiger partial charge in [-0.15, -0.1) is 0 Å². The smallest absolute Gasteiger partial charge is 0.309 e. The minimum atomic E-state index is -0.111. The van der Waals surface area contributed by atoms with E-state index in [4.69, 9.17) is 9.84 Å². The number of esters is 1. The van der Waals surface area contributed by atoms with Gasteiger partial charge in [-0.1, -0.05) is 60.7 Å². The predicted octanol–water partition coefficient (Wildman–Crippen LogP) is 5.08. The molecule has 2 atom stereocenters. The van der Waals surface area contributed by atoms with Crippen molar-refractivity contribution in [2.45, 2.75) is 45.1 Å². The molecule has 2 aromatic carbocycles. The summed E-state index contributed by atoms with van der Waals surface area (Å²) in [6, 6.07) is 20.6. The Balaban J connectivity index is 1.36. The molecular weight excluding hydrogens is 450 g/mol. The maximum atomic E-state index is 13.7. The normalized spacial score (nSPS) is 23.9. The van der Waals surface area contributed by atoms with Gasteiger partial charge < -0.3 is 4.74 Å². The predicted molar refractivity (Wildman–Crippen MR) is 141 cm³/mol. The minimum Gasteiger partial charge on any atom is -0.466 e. The van der Waals surface area contributed by atoms with Crippen molar-refractivity contribution in [2.75, 3.05) is 26.2 Å². The molecule has 0 spiro atoms. The summed E-state index contributed by atoms with van der Waals surface area (Å²) in [4.78, 5) is 27.9. The van der Waals surface area contributed by atoms with Gasteiger partial charge >= 0.3 is 5.97 Å². The number of carbonyl (C=O) groups is 2. The standard InChI is InChI=1S/C30H35N3O3/c1-2-36-30(35)24-16-18-32(19-17-24)21-27(34)33-29(23-12-7-4-8-13-23)26-15-9-14-25(28(26)31-33)20-22-10-5-3-6-11-22/h3-8,10-13,20,24,26,29H,2,9,14-19,21H2,1H3/b25-20-/t26-,29+/m1/s1. The highest BCUT2D eigenvalue weighted by atomic mass is 16.5. The van der Waals surface area contributed by atoms with Crippen molar-refractivity contribution in [2.24, 2.45) is 16.9 Å². The fourth-order valence-electron chi connectivity index (χ4n) is 5.79. The molecule has 188 valence electrons. The number of piperidine rings is 1. The summed E-state index contributed by atoms with van der Waals surface area (Å²) in [5.74, 6) is 0.0586. The monoisotopic (exact) mass is 485 g/mol. The maximum Gasteiger partial charge on any atom is 0.309 e. The molecule has 3 aliphatic rings. The third kappa shape index (κ3) is 5.29. The zero-order valence-electron chi connectivity index (χ0n) is 21.0. The third-order valence-electron chi connectivity index (χ3n) is 7.61. The van der Waals surface area contributed by atoms with Gasteiger partial charge in [-0.25, -0.2) is 5.01 Å². The summed E-state index contributed by atoms with van der Waals surface area (Å²) in [5, 5.41) is 6.77. The average Bonchev–Trinajstić information content (AvgIpc) is 3.31. The van der Waals surface area contributed by atoms with Crippen molar-refractivity contribution in [3.05, 3.63) is 77.4 Å². The molecule has 0 N–H and O–H groups in total. The number of fused-ring (bicyclic) bond motifs is 1. The molecule has 0 unspecified atom stereocenters. The SMILES string of the molecule is CCOC(=O)C1CCN(CC(=O)N2N=C3/C(=C\c4ccccc4)CCC[C@H]3[C@@H]2c2ccccc2)CC1. The second-order valence-corrected chi connectivity index (χ2v) is 9.96. The highest BCUT2D eigenvalue weighted by Crippen LogP contribution is 2.44. The van der Waals surface area contributed by atoms with E-state index in [0.29, 0.717) is 13.2 Å². The van der Waals surface area contributed by atoms with E-state index in [-0.39, 0.29) is 29.8 Å². The maximum absolute atomic E-state index is 13.7. The Morgan fingerprint density at radius 3 is 2.39 bits per heavy atom. The van der Waals surface area contributed by atoms with Gasteiger partial charge in [-0.05, 0) is 74.9 Å². The molecule has 1 aliphatic carbocycles. The number of hydrogen-bond donors (Lipinski definition) is 0. The number of carbonyl (C=O) groups excluding carboxylic acids is 2. The molecule has 0 radical (unpaired) electrons. The molecule has 1 saturated carbocycles. The molecule has 6 heteroatoms. The van der Waals surface area contributed by atoms with E-state index < -0.39 is 0 Å². The molecule has 6 nitrogen and oxygen atoms in total. The fourth-order valence-corrected chi connectivity index (χ4v) is 5.79. The lowest BCUT2D eigenvalue weighted by Crippen LogP contribution is -2.43. The average molecular weight is 486 g/mol. The van der Waals surface area contributed by atoms with Crippen LogP contribution in [0.4, 0.5) is 0 Å². The highest BCUT2D eigenvalue weighted by molar-refractivity contribution is 6.08. The van der Waals surface area contributed by atoms with Gasteiger partial charge in [0.05, 0.1) is 30.8 Å². The van der Waals surface area contributed by atoms with Crippen molar-refractivity contribution < 1.29 is 14.3 Å². The number of ether oxygens (including phenoxy) is 1. The van der Waals surface area contributed by atoms with Crippen LogP contribution in [0.25, 0.3) is 6.08 Å². The number of nitrogens with zero attached hydrogens (tertiary/aromatic N) is 3. The lowest BCUT2D eigenvalue weighted by molar-refractivity contribution is -0.149. The molecule has 2 fully saturated rings. The van der Waals surface area contributed by atoms with Gasteiger partial charge in [0, 0.05) is 5.92 Å². The van der Waals surface area contributed by atoms with Crippen LogP contribution in [0.15, 0.2) is 71.3 Å². The Labute approximate surface area is 213 Å². The molecular formula is C30H35N3O3. The minimum absolute atomic E-state index is 0.0272. The van der Waals surface area contributed by atoms with Gasteiger partial charge in [0.15, 0.2) is 0 Å². The highest BCUT2D eigenvalue weighted by Gasteiger charge is 2.44. The Morgan fingerprint density at radius 1 is 1.00 bits per heavy atom. The van der Waals surface area contributed by atoms with Crippen LogP contribution < -0.4 is 0 Å². The van der Waals surface area contributed by atoms with Crippen LogP contribution in [0.1, 0.15) is 56.2 Å². The first-order chi connectivity index (χ1) is 17.6. The van der Waals surface area contributed by atoms with Crippen molar-refractivity contribution in [3.63, 3.8) is 0 Å². The van der Waals surface area contributed by atoms with E-state index in [2.05, 4.69) is 47.4 Å². The molecule has 1 amide bonds. The van der Waals surface area contributed by atoms with Crippen LogP contribution in [0.5, 0.6) is 0 Å². The lowest BCUT2D eigenvalue weighted by Gasteiger charge is -2.33. The van der Waals surface area contributed by atoms with Gasteiger partial charge in [0.2, 0.25) is 0 Å². The Hall–Kier alpha value is -3.25. The first-order valence-corrected chi connectivity index (χ1v) is 13.2. The molecule has 0 aromatic heterocycles. The first kappa shape index (κ1) is 24.4. The summed E-state index contributed by atoms with van der Waals surface area (Å²) in [5.41, 5.74) is 4.61. The van der Waals surface area contributed by atoms with Gasteiger partial charge in [-0.2, -0.15) is 5.10 Å². The molecule has 2 heterocycles. The molecule has 2 aromatic rings. The van der Waals surface area contributed by atoms with Crippen LogP contribution in [0.3, 0.4) is 0 Å². The summed E-state index contributed by atoms with van der Waals surface area (Å²) in [6.07, 6.45) is 6.80. The Kier molecular flexibility index (Phi) is 7.61. The zero-order chi connectivity index (χ0) is 24.9. The summed E-state index contributed by atoms with van der Waals surface area (Å²) in [6.45, 7) is 4.01. The molecule has 36 heavy (non-hydrogen) atoms. The summed E-state index contributed by atoms with van der Waals surface area (Å²) < 4.78 is 5.19. The second kappa shape index (κ2) is 11.2. The first-order valence-electron chi connectivity index (χ1n) is 13.2. The van der Waals surface area contributed by atoms with Crippen LogP contribution >= 0.6 is 0 Å². The zero-order valence-corrected chi connectivity index (χ0v) is 21.0. The van der Waals surface area contributed by atoms with Crippen LogP contribution in [-0.4, -0.2) is 53.7 Å². The van der Waals surface area contributed by atoms with Crippen LogP contribution in [0.2, 0.25) is 0 Å². The second-order valence-electron chi connectivity index (χ2n) is 9.96. The van der Waals surface area contributed by atoms with E-state index >= 15 is 0 Å². The van der Waals surface area contributed by atoms with Crippen LogP contribution in [-0.2, 0) is 14.3 Å². The number of likely N-dealkylation sites (tertiary alicyclic amines) is 1. The Morgan fingerprint density at radius 2 is 1.69 bits per heavy atom. The summed E-state index contributed by atoms with van der Waals surface area (Å²) in [7, 11) is 0. The van der Waals surface area contributed by atoms with Crippen molar-refractivity contribution in [1.29, 1.82) is 0 Å². The Bertz CT molecular complexity index is 1120. The van der Waals surface area contributed by atoms with E-state index in [9.17, 15) is 9.59 Å².